The Bertz CT molecular complexity index is 948. The summed E-state index contributed by atoms with van der Waals surface area (Å²) < 4.78 is 5.81. The Hall–Kier alpha value is -2.89. The number of ether oxygens (including phenoxy) is 1. The molecule has 0 aliphatic carbocycles. The predicted molar refractivity (Wildman–Crippen MR) is 107 cm³/mol. The van der Waals surface area contributed by atoms with Crippen molar-refractivity contribution in [3.05, 3.63) is 42.7 Å². The number of benzene rings is 2. The molecule has 0 aliphatic rings. The second-order valence-corrected chi connectivity index (χ2v) is 8.63. The molecule has 0 unspecified atom stereocenters. The number of hydrogen-bond acceptors (Lipinski definition) is 6. The molecular weight excluding hydrogens is 340 g/mol. The van der Waals surface area contributed by atoms with Crippen LogP contribution < -0.4 is 10.1 Å². The summed E-state index contributed by atoms with van der Waals surface area (Å²) in [4.78, 5) is 12.7. The van der Waals surface area contributed by atoms with E-state index in [9.17, 15) is 5.11 Å². The van der Waals surface area contributed by atoms with Crippen molar-refractivity contribution in [1.82, 2.24) is 15.0 Å². The van der Waals surface area contributed by atoms with E-state index in [0.717, 1.165) is 17.2 Å². The van der Waals surface area contributed by atoms with Gasteiger partial charge in [0.05, 0.1) is 0 Å². The van der Waals surface area contributed by atoms with Crippen LogP contribution in [0.2, 0.25) is 0 Å². The summed E-state index contributed by atoms with van der Waals surface area (Å²) >= 11 is 0. The molecule has 142 valence electrons. The number of aromatic hydroxyl groups is 1. The zero-order valence-electron chi connectivity index (χ0n) is 16.4. The van der Waals surface area contributed by atoms with Crippen LogP contribution in [-0.2, 0) is 0 Å². The molecule has 0 spiro atoms. The van der Waals surface area contributed by atoms with E-state index in [-0.39, 0.29) is 22.7 Å². The van der Waals surface area contributed by atoms with Gasteiger partial charge in [-0.2, -0.15) is 9.97 Å². The molecule has 0 saturated carbocycles. The number of nitrogens with one attached hydrogen (secondary N) is 1. The topological polar surface area (TPSA) is 80.2 Å². The first kappa shape index (κ1) is 18.9. The second kappa shape index (κ2) is 7.02. The minimum atomic E-state index is -0.165. The standard InChI is InChI=1S/C21H26N4O2/c1-20(2,3)12-21(4,5)25-18-22-13-23-19(24-18)27-17-9-7-14-10-16(26)8-6-15(14)11-17/h6-11,13,26H,12H2,1-5H3,(H,22,23,24,25). The van der Waals surface area contributed by atoms with Gasteiger partial charge in [0.25, 0.3) is 0 Å². The zero-order valence-corrected chi connectivity index (χ0v) is 16.4. The third-order valence-electron chi connectivity index (χ3n) is 3.98. The molecule has 3 rings (SSSR count). The van der Waals surface area contributed by atoms with Crippen molar-refractivity contribution in [2.45, 2.75) is 46.6 Å². The fraction of sp³-hybridized carbons (Fsp3) is 0.381. The molecular formula is C21H26N4O2. The SMILES string of the molecule is CC(C)(C)CC(C)(C)Nc1ncnc(Oc2ccc3cc(O)ccc3c2)n1. The largest absolute Gasteiger partial charge is 0.508 e. The van der Waals surface area contributed by atoms with Crippen LogP contribution in [0.3, 0.4) is 0 Å². The van der Waals surface area contributed by atoms with Crippen LogP contribution in [0.4, 0.5) is 5.95 Å². The Morgan fingerprint density at radius 2 is 1.67 bits per heavy atom. The molecule has 6 nitrogen and oxygen atoms in total. The molecule has 6 heteroatoms. The molecule has 0 bridgehead atoms. The first-order chi connectivity index (χ1) is 12.6. The number of hydrogen-bond donors (Lipinski definition) is 2. The minimum Gasteiger partial charge on any atom is -0.508 e. The van der Waals surface area contributed by atoms with Crippen LogP contribution in [0.25, 0.3) is 10.8 Å². The Kier molecular flexibility index (Phi) is 4.91. The summed E-state index contributed by atoms with van der Waals surface area (Å²) in [5, 5.41) is 14.8. The van der Waals surface area contributed by atoms with Gasteiger partial charge in [-0.1, -0.05) is 32.9 Å². The Morgan fingerprint density at radius 1 is 0.963 bits per heavy atom. The molecule has 27 heavy (non-hydrogen) atoms. The van der Waals surface area contributed by atoms with Gasteiger partial charge in [0.2, 0.25) is 5.95 Å². The fourth-order valence-electron chi connectivity index (χ4n) is 3.44. The smallest absolute Gasteiger partial charge is 0.326 e. The van der Waals surface area contributed by atoms with Gasteiger partial charge in [0, 0.05) is 5.54 Å². The molecule has 0 atom stereocenters. The van der Waals surface area contributed by atoms with E-state index in [1.165, 1.54) is 6.33 Å². The first-order valence-corrected chi connectivity index (χ1v) is 8.98. The average Bonchev–Trinajstić information content (AvgIpc) is 2.52. The predicted octanol–water partition coefficient (Wildman–Crippen LogP) is 5.15. The molecule has 0 saturated heterocycles. The summed E-state index contributed by atoms with van der Waals surface area (Å²) in [5.41, 5.74) is 0.0181. The number of phenols is 1. The summed E-state index contributed by atoms with van der Waals surface area (Å²) in [7, 11) is 0. The van der Waals surface area contributed by atoms with Gasteiger partial charge in [-0.25, -0.2) is 4.98 Å². The highest BCUT2D eigenvalue weighted by atomic mass is 16.5. The molecule has 0 aliphatic heterocycles. The number of phenolic OH excluding ortho intramolecular Hbond substituents is 1. The van der Waals surface area contributed by atoms with E-state index in [4.69, 9.17) is 4.74 Å². The highest BCUT2D eigenvalue weighted by molar-refractivity contribution is 5.85. The number of fused-ring (bicyclic) bond motifs is 1. The molecule has 2 N–H and O–H groups in total. The van der Waals surface area contributed by atoms with Crippen molar-refractivity contribution in [2.75, 3.05) is 5.32 Å². The molecule has 3 aromatic rings. The molecule has 0 radical (unpaired) electrons. The van der Waals surface area contributed by atoms with Crippen molar-refractivity contribution >= 4 is 16.7 Å². The lowest BCUT2D eigenvalue weighted by Gasteiger charge is -2.33. The Balaban J connectivity index is 1.77. The summed E-state index contributed by atoms with van der Waals surface area (Å²) in [6.07, 6.45) is 2.40. The van der Waals surface area contributed by atoms with Gasteiger partial charge < -0.3 is 15.2 Å². The highest BCUT2D eigenvalue weighted by Crippen LogP contribution is 2.30. The van der Waals surface area contributed by atoms with Gasteiger partial charge in [-0.15, -0.1) is 0 Å². The molecule has 2 aromatic carbocycles. The number of nitrogens with zero attached hydrogens (tertiary/aromatic N) is 3. The summed E-state index contributed by atoms with van der Waals surface area (Å²) in [6.45, 7) is 10.9. The number of aromatic nitrogens is 3. The normalized spacial score (nSPS) is 12.2. The van der Waals surface area contributed by atoms with Crippen LogP contribution in [0.15, 0.2) is 42.7 Å². The molecule has 1 heterocycles. The van der Waals surface area contributed by atoms with Crippen molar-refractivity contribution in [3.63, 3.8) is 0 Å². The van der Waals surface area contributed by atoms with Crippen molar-refractivity contribution in [1.29, 1.82) is 0 Å². The van der Waals surface area contributed by atoms with Gasteiger partial charge in [0.1, 0.15) is 17.8 Å². The van der Waals surface area contributed by atoms with Crippen LogP contribution >= 0.6 is 0 Å². The van der Waals surface area contributed by atoms with E-state index in [2.05, 4.69) is 54.9 Å². The van der Waals surface area contributed by atoms with Crippen LogP contribution in [-0.4, -0.2) is 25.6 Å². The quantitative estimate of drug-likeness (QED) is 0.650. The lowest BCUT2D eigenvalue weighted by molar-refractivity contribution is 0.301. The molecule has 0 fully saturated rings. The first-order valence-electron chi connectivity index (χ1n) is 8.98. The fourth-order valence-corrected chi connectivity index (χ4v) is 3.44. The van der Waals surface area contributed by atoms with E-state index in [1.807, 2.05) is 24.3 Å². The second-order valence-electron chi connectivity index (χ2n) is 8.63. The Morgan fingerprint density at radius 3 is 2.41 bits per heavy atom. The van der Waals surface area contributed by atoms with Crippen molar-refractivity contribution < 1.29 is 9.84 Å². The maximum absolute atomic E-state index is 9.56. The van der Waals surface area contributed by atoms with E-state index in [1.54, 1.807) is 12.1 Å². The maximum Gasteiger partial charge on any atom is 0.326 e. The summed E-state index contributed by atoms with van der Waals surface area (Å²) in [6, 6.07) is 11.0. The van der Waals surface area contributed by atoms with Gasteiger partial charge in [-0.05, 0) is 60.7 Å². The van der Waals surface area contributed by atoms with E-state index in [0.29, 0.717) is 11.7 Å². The Labute approximate surface area is 159 Å². The molecule has 0 amide bonds. The highest BCUT2D eigenvalue weighted by Gasteiger charge is 2.26. The van der Waals surface area contributed by atoms with Crippen LogP contribution in [0, 0.1) is 5.41 Å². The van der Waals surface area contributed by atoms with Gasteiger partial charge in [-0.3, -0.25) is 0 Å². The third-order valence-corrected chi connectivity index (χ3v) is 3.98. The van der Waals surface area contributed by atoms with E-state index < -0.39 is 0 Å². The number of rotatable bonds is 5. The average molecular weight is 366 g/mol. The zero-order chi connectivity index (χ0) is 19.7. The number of anilines is 1. The lowest BCUT2D eigenvalue weighted by Crippen LogP contribution is -2.36. The van der Waals surface area contributed by atoms with Crippen molar-refractivity contribution in [3.8, 4) is 17.5 Å². The summed E-state index contributed by atoms with van der Waals surface area (Å²) in [5.74, 6) is 1.35. The van der Waals surface area contributed by atoms with Gasteiger partial charge >= 0.3 is 6.01 Å². The van der Waals surface area contributed by atoms with Gasteiger partial charge in [0.15, 0.2) is 0 Å². The maximum atomic E-state index is 9.56. The van der Waals surface area contributed by atoms with Crippen molar-refractivity contribution in [2.24, 2.45) is 5.41 Å². The third kappa shape index (κ3) is 5.29. The van der Waals surface area contributed by atoms with Crippen LogP contribution in [0.1, 0.15) is 41.0 Å². The monoisotopic (exact) mass is 366 g/mol. The van der Waals surface area contributed by atoms with Crippen LogP contribution in [0.5, 0.6) is 17.5 Å². The lowest BCUT2D eigenvalue weighted by atomic mass is 9.82. The minimum absolute atomic E-state index is 0.165. The molecule has 1 aromatic heterocycles. The van der Waals surface area contributed by atoms with E-state index >= 15 is 0 Å².